The number of carbonyl (C=O) groups is 1. The molecule has 1 amide bonds. The van der Waals surface area contributed by atoms with Crippen molar-refractivity contribution in [1.82, 2.24) is 20.1 Å². The summed E-state index contributed by atoms with van der Waals surface area (Å²) in [5.74, 6) is 1.46. The van der Waals surface area contributed by atoms with Gasteiger partial charge in [0.15, 0.2) is 17.1 Å². The van der Waals surface area contributed by atoms with Gasteiger partial charge < -0.3 is 14.8 Å². The average Bonchev–Trinajstić information content (AvgIpc) is 3.52. The van der Waals surface area contributed by atoms with Crippen molar-refractivity contribution in [2.24, 2.45) is 7.05 Å². The van der Waals surface area contributed by atoms with E-state index in [1.165, 1.54) is 0 Å². The second-order valence-corrected chi connectivity index (χ2v) is 7.97. The zero-order valence-corrected chi connectivity index (χ0v) is 17.0. The van der Waals surface area contributed by atoms with E-state index in [4.69, 9.17) is 26.1 Å². The maximum Gasteiger partial charge on any atom is 0.252 e. The molecule has 8 heteroatoms. The van der Waals surface area contributed by atoms with Crippen molar-refractivity contribution < 1.29 is 14.3 Å². The van der Waals surface area contributed by atoms with Crippen LogP contribution in [0.15, 0.2) is 18.2 Å². The number of carbonyl (C=O) groups excluding carboxylic acids is 1. The van der Waals surface area contributed by atoms with Gasteiger partial charge in [0.05, 0.1) is 21.7 Å². The van der Waals surface area contributed by atoms with Crippen LogP contribution in [0, 0.1) is 6.92 Å². The molecule has 1 fully saturated rings. The summed E-state index contributed by atoms with van der Waals surface area (Å²) >= 11 is 6.31. The Balaban J connectivity index is 1.44. The molecule has 0 atom stereocenters. The number of amides is 1. The van der Waals surface area contributed by atoms with Gasteiger partial charge in [-0.15, -0.1) is 0 Å². The van der Waals surface area contributed by atoms with Crippen LogP contribution in [0.3, 0.4) is 0 Å². The highest BCUT2D eigenvalue weighted by Gasteiger charge is 2.28. The molecule has 150 valence electrons. The molecule has 5 rings (SSSR count). The first-order valence-corrected chi connectivity index (χ1v) is 10.1. The minimum absolute atomic E-state index is 0.151. The summed E-state index contributed by atoms with van der Waals surface area (Å²) in [6.07, 6.45) is 2.23. The van der Waals surface area contributed by atoms with Crippen LogP contribution in [0.4, 0.5) is 0 Å². The normalized spacial score (nSPS) is 15.6. The number of halogens is 1. The van der Waals surface area contributed by atoms with E-state index < -0.39 is 0 Å². The van der Waals surface area contributed by atoms with E-state index in [1.807, 2.05) is 26.1 Å². The average molecular weight is 413 g/mol. The number of benzene rings is 1. The lowest BCUT2D eigenvalue weighted by Gasteiger charge is -2.20. The molecule has 0 radical (unpaired) electrons. The first-order valence-electron chi connectivity index (χ1n) is 9.71. The molecule has 1 saturated carbocycles. The number of pyridine rings is 1. The molecular weight excluding hydrogens is 392 g/mol. The van der Waals surface area contributed by atoms with Crippen LogP contribution in [0.1, 0.15) is 46.1 Å². The number of aromatic nitrogens is 3. The van der Waals surface area contributed by atoms with Crippen LogP contribution < -0.4 is 14.8 Å². The molecular formula is C21H21ClN4O3. The summed E-state index contributed by atoms with van der Waals surface area (Å²) in [5.41, 5.74) is 3.98. The van der Waals surface area contributed by atoms with Gasteiger partial charge in [-0.3, -0.25) is 9.48 Å². The highest BCUT2D eigenvalue weighted by atomic mass is 35.5. The molecule has 0 spiro atoms. The molecule has 29 heavy (non-hydrogen) atoms. The summed E-state index contributed by atoms with van der Waals surface area (Å²) < 4.78 is 12.9. The van der Waals surface area contributed by atoms with Gasteiger partial charge >= 0.3 is 0 Å². The Labute approximate surface area is 173 Å². The van der Waals surface area contributed by atoms with Gasteiger partial charge in [-0.2, -0.15) is 5.10 Å². The number of hydrogen-bond donors (Lipinski definition) is 1. The van der Waals surface area contributed by atoms with Crippen molar-refractivity contribution in [3.8, 4) is 11.5 Å². The fourth-order valence-corrected chi connectivity index (χ4v) is 4.06. The summed E-state index contributed by atoms with van der Waals surface area (Å²) in [6.45, 7) is 3.20. The lowest BCUT2D eigenvalue weighted by molar-refractivity contribution is 0.0952. The van der Waals surface area contributed by atoms with Crippen LogP contribution in [0.5, 0.6) is 11.5 Å². The lowest BCUT2D eigenvalue weighted by atomic mass is 10.1. The molecule has 0 saturated heterocycles. The third-order valence-corrected chi connectivity index (χ3v) is 5.62. The van der Waals surface area contributed by atoms with E-state index in [-0.39, 0.29) is 5.91 Å². The van der Waals surface area contributed by atoms with E-state index in [9.17, 15) is 4.79 Å². The molecule has 2 aliphatic rings. The Morgan fingerprint density at radius 1 is 1.28 bits per heavy atom. The molecule has 7 nitrogen and oxygen atoms in total. The van der Waals surface area contributed by atoms with Crippen LogP contribution >= 0.6 is 11.6 Å². The Morgan fingerprint density at radius 2 is 2.07 bits per heavy atom. The largest absolute Gasteiger partial charge is 0.486 e. The third kappa shape index (κ3) is 3.29. The Bertz CT molecular complexity index is 1140. The van der Waals surface area contributed by atoms with Crippen molar-refractivity contribution >= 4 is 28.5 Å². The Kier molecular flexibility index (Phi) is 4.35. The summed E-state index contributed by atoms with van der Waals surface area (Å²) in [5, 5.41) is 8.75. The molecule has 0 unspecified atom stereocenters. The van der Waals surface area contributed by atoms with Gasteiger partial charge in [-0.1, -0.05) is 11.6 Å². The monoisotopic (exact) mass is 412 g/mol. The maximum absolute atomic E-state index is 13.1. The second kappa shape index (κ2) is 6.91. The molecule has 1 aliphatic carbocycles. The van der Waals surface area contributed by atoms with Crippen molar-refractivity contribution in [1.29, 1.82) is 0 Å². The standard InChI is InChI=1S/C21H21ClN4O3/c1-11-18-14(9-16(13-3-4-13)24-20(18)26(2)25-11)21(27)23-10-12-7-15(22)19-17(8-12)28-5-6-29-19/h7-9,13H,3-6,10H2,1-2H3,(H,23,27). The first-order chi connectivity index (χ1) is 14.0. The lowest BCUT2D eigenvalue weighted by Crippen LogP contribution is -2.24. The number of hydrogen-bond acceptors (Lipinski definition) is 5. The summed E-state index contributed by atoms with van der Waals surface area (Å²) in [4.78, 5) is 17.8. The van der Waals surface area contributed by atoms with Crippen LogP contribution in [-0.2, 0) is 13.6 Å². The Hall–Kier alpha value is -2.80. The van der Waals surface area contributed by atoms with E-state index in [0.29, 0.717) is 47.8 Å². The molecule has 1 aliphatic heterocycles. The highest BCUT2D eigenvalue weighted by molar-refractivity contribution is 6.32. The Morgan fingerprint density at radius 3 is 2.86 bits per heavy atom. The highest BCUT2D eigenvalue weighted by Crippen LogP contribution is 2.41. The molecule has 1 aromatic carbocycles. The van der Waals surface area contributed by atoms with Gasteiger partial charge in [0.2, 0.25) is 0 Å². The van der Waals surface area contributed by atoms with E-state index in [0.717, 1.165) is 40.8 Å². The molecule has 1 N–H and O–H groups in total. The van der Waals surface area contributed by atoms with Crippen molar-refractivity contribution in [3.63, 3.8) is 0 Å². The SMILES string of the molecule is Cc1nn(C)c2nc(C3CC3)cc(C(=O)NCc3cc(Cl)c4c(c3)OCCO4)c12. The van der Waals surface area contributed by atoms with Gasteiger partial charge in [0, 0.05) is 25.2 Å². The molecule has 3 heterocycles. The number of nitrogens with zero attached hydrogens (tertiary/aromatic N) is 3. The molecule has 0 bridgehead atoms. The zero-order chi connectivity index (χ0) is 20.1. The van der Waals surface area contributed by atoms with Gasteiger partial charge in [-0.05, 0) is 43.5 Å². The van der Waals surface area contributed by atoms with Gasteiger partial charge in [-0.25, -0.2) is 4.98 Å². The third-order valence-electron chi connectivity index (χ3n) is 5.34. The van der Waals surface area contributed by atoms with Crippen molar-refractivity contribution in [2.45, 2.75) is 32.2 Å². The van der Waals surface area contributed by atoms with Gasteiger partial charge in [0.25, 0.3) is 5.91 Å². The van der Waals surface area contributed by atoms with Crippen LogP contribution in [0.25, 0.3) is 11.0 Å². The fraction of sp³-hybridized carbons (Fsp3) is 0.381. The van der Waals surface area contributed by atoms with Crippen LogP contribution in [-0.4, -0.2) is 33.9 Å². The van der Waals surface area contributed by atoms with E-state index >= 15 is 0 Å². The number of ether oxygens (including phenoxy) is 2. The predicted molar refractivity (Wildman–Crippen MR) is 109 cm³/mol. The predicted octanol–water partition coefficient (Wildman–Crippen LogP) is 3.51. The van der Waals surface area contributed by atoms with Crippen molar-refractivity contribution in [3.05, 3.63) is 45.7 Å². The zero-order valence-electron chi connectivity index (χ0n) is 16.3. The maximum atomic E-state index is 13.1. The fourth-order valence-electron chi connectivity index (χ4n) is 3.78. The number of nitrogens with one attached hydrogen (secondary N) is 1. The van der Waals surface area contributed by atoms with Gasteiger partial charge in [0.1, 0.15) is 13.2 Å². The minimum atomic E-state index is -0.151. The smallest absolute Gasteiger partial charge is 0.252 e. The molecule has 3 aromatic rings. The van der Waals surface area contributed by atoms with E-state index in [2.05, 4.69) is 10.4 Å². The number of fused-ring (bicyclic) bond motifs is 2. The quantitative estimate of drug-likeness (QED) is 0.709. The summed E-state index contributed by atoms with van der Waals surface area (Å²) in [6, 6.07) is 5.57. The topological polar surface area (TPSA) is 78.3 Å². The number of aryl methyl sites for hydroxylation is 2. The number of rotatable bonds is 4. The van der Waals surface area contributed by atoms with E-state index in [1.54, 1.807) is 10.7 Å². The second-order valence-electron chi connectivity index (χ2n) is 7.56. The minimum Gasteiger partial charge on any atom is -0.486 e. The van der Waals surface area contributed by atoms with Crippen LogP contribution in [0.2, 0.25) is 5.02 Å². The molecule has 2 aromatic heterocycles. The first kappa shape index (κ1) is 18.2. The summed E-state index contributed by atoms with van der Waals surface area (Å²) in [7, 11) is 1.86. The van der Waals surface area contributed by atoms with Crippen molar-refractivity contribution in [2.75, 3.05) is 13.2 Å².